The highest BCUT2D eigenvalue weighted by atomic mass is 16.5. The van der Waals surface area contributed by atoms with Crippen LogP contribution in [0.15, 0.2) is 4.99 Å². The van der Waals surface area contributed by atoms with Gasteiger partial charge >= 0.3 is 0 Å². The average molecular weight is 143 g/mol. The lowest BCUT2D eigenvalue weighted by Crippen LogP contribution is -2.29. The van der Waals surface area contributed by atoms with Crippen LogP contribution in [0.1, 0.15) is 13.8 Å². The summed E-state index contributed by atoms with van der Waals surface area (Å²) in [5, 5.41) is 0. The number of ether oxygens (including phenoxy) is 2. The average Bonchev–Trinajstić information content (AvgIpc) is 2.12. The van der Waals surface area contributed by atoms with Crippen LogP contribution in [-0.4, -0.2) is 31.8 Å². The van der Waals surface area contributed by atoms with Gasteiger partial charge < -0.3 is 9.47 Å². The smallest absolute Gasteiger partial charge is 0.180 e. The number of hydrogen-bond donors (Lipinski definition) is 0. The summed E-state index contributed by atoms with van der Waals surface area (Å²) in [7, 11) is 1.68. The van der Waals surface area contributed by atoms with E-state index in [9.17, 15) is 0 Å². The number of nitrogens with zero attached hydrogens (tertiary/aromatic N) is 1. The Morgan fingerprint density at radius 1 is 1.80 bits per heavy atom. The predicted molar refractivity (Wildman–Crippen MR) is 39.3 cm³/mol. The van der Waals surface area contributed by atoms with Crippen LogP contribution in [0.4, 0.5) is 0 Å². The zero-order valence-corrected chi connectivity index (χ0v) is 6.68. The molecule has 0 amide bonds. The summed E-state index contributed by atoms with van der Waals surface area (Å²) < 4.78 is 10.2. The van der Waals surface area contributed by atoms with Crippen LogP contribution in [-0.2, 0) is 9.47 Å². The third-order valence-corrected chi connectivity index (χ3v) is 1.47. The van der Waals surface area contributed by atoms with E-state index in [1.54, 1.807) is 7.11 Å². The second kappa shape index (κ2) is 2.58. The van der Waals surface area contributed by atoms with Crippen LogP contribution >= 0.6 is 0 Å². The van der Waals surface area contributed by atoms with Gasteiger partial charge in [-0.25, -0.2) is 4.99 Å². The summed E-state index contributed by atoms with van der Waals surface area (Å²) in [5.41, 5.74) is -0.140. The van der Waals surface area contributed by atoms with Crippen LogP contribution in [0.2, 0.25) is 0 Å². The van der Waals surface area contributed by atoms with E-state index in [1.165, 1.54) is 0 Å². The van der Waals surface area contributed by atoms with Gasteiger partial charge in [0.15, 0.2) is 5.90 Å². The Hall–Kier alpha value is -0.570. The first-order valence-electron chi connectivity index (χ1n) is 3.34. The molecule has 0 aliphatic carbocycles. The lowest BCUT2D eigenvalue weighted by atomic mass is 10.1. The van der Waals surface area contributed by atoms with Crippen molar-refractivity contribution < 1.29 is 9.47 Å². The quantitative estimate of drug-likeness (QED) is 0.573. The van der Waals surface area contributed by atoms with Crippen LogP contribution in [0, 0.1) is 0 Å². The zero-order chi connectivity index (χ0) is 7.61. The van der Waals surface area contributed by atoms with E-state index in [0.29, 0.717) is 13.2 Å². The zero-order valence-electron chi connectivity index (χ0n) is 6.68. The Balaban J connectivity index is 2.54. The molecule has 10 heavy (non-hydrogen) atoms. The van der Waals surface area contributed by atoms with Crippen molar-refractivity contribution in [2.45, 2.75) is 19.4 Å². The maximum absolute atomic E-state index is 5.19. The van der Waals surface area contributed by atoms with Gasteiger partial charge in [0.05, 0.1) is 6.61 Å². The molecule has 3 nitrogen and oxygen atoms in total. The van der Waals surface area contributed by atoms with Gasteiger partial charge in [0, 0.05) is 14.0 Å². The second-order valence-electron chi connectivity index (χ2n) is 2.85. The number of aliphatic imine (C=N–C) groups is 1. The molecule has 58 valence electrons. The topological polar surface area (TPSA) is 30.8 Å². The third kappa shape index (κ3) is 1.48. The van der Waals surface area contributed by atoms with Crippen LogP contribution in [0.25, 0.3) is 0 Å². The fourth-order valence-corrected chi connectivity index (χ4v) is 1.09. The lowest BCUT2D eigenvalue weighted by Gasteiger charge is -2.15. The number of methoxy groups -OCH3 is 1. The van der Waals surface area contributed by atoms with Crippen molar-refractivity contribution in [3.63, 3.8) is 0 Å². The molecule has 0 aromatic heterocycles. The lowest BCUT2D eigenvalue weighted by molar-refractivity contribution is 0.121. The molecule has 1 heterocycles. The normalized spacial score (nSPS) is 31.7. The molecule has 0 spiro atoms. The minimum absolute atomic E-state index is 0.140. The van der Waals surface area contributed by atoms with Gasteiger partial charge in [-0.15, -0.1) is 0 Å². The van der Waals surface area contributed by atoms with Gasteiger partial charge in [0.25, 0.3) is 0 Å². The van der Waals surface area contributed by atoms with Gasteiger partial charge in [0.1, 0.15) is 12.1 Å². The highest BCUT2D eigenvalue weighted by Crippen LogP contribution is 2.17. The number of rotatable bonds is 2. The van der Waals surface area contributed by atoms with Gasteiger partial charge in [-0.3, -0.25) is 0 Å². The highest BCUT2D eigenvalue weighted by Gasteiger charge is 2.29. The Morgan fingerprint density at radius 3 is 2.90 bits per heavy atom. The van der Waals surface area contributed by atoms with E-state index in [-0.39, 0.29) is 5.54 Å². The molecule has 1 rings (SSSR count). The fraction of sp³-hybridized carbons (Fsp3) is 0.857. The van der Waals surface area contributed by atoms with Crippen LogP contribution in [0.5, 0.6) is 0 Å². The van der Waals surface area contributed by atoms with Gasteiger partial charge in [-0.05, 0) is 6.92 Å². The van der Waals surface area contributed by atoms with E-state index in [0.717, 1.165) is 5.90 Å². The summed E-state index contributed by atoms with van der Waals surface area (Å²) in [6.07, 6.45) is 0. The molecule has 0 saturated carbocycles. The minimum Gasteiger partial charge on any atom is -0.479 e. The second-order valence-corrected chi connectivity index (χ2v) is 2.85. The fourth-order valence-electron chi connectivity index (χ4n) is 1.09. The number of hydrogen-bond acceptors (Lipinski definition) is 3. The third-order valence-electron chi connectivity index (χ3n) is 1.47. The molecule has 1 unspecified atom stereocenters. The Bertz CT molecular complexity index is 156. The molecular weight excluding hydrogens is 130 g/mol. The summed E-state index contributed by atoms with van der Waals surface area (Å²) in [5.74, 6) is 0.763. The Kier molecular flexibility index (Phi) is 1.94. The highest BCUT2D eigenvalue weighted by molar-refractivity contribution is 5.75. The largest absolute Gasteiger partial charge is 0.479 e. The van der Waals surface area contributed by atoms with E-state index in [2.05, 4.69) is 4.99 Å². The van der Waals surface area contributed by atoms with Crippen molar-refractivity contribution >= 4 is 5.90 Å². The summed E-state index contributed by atoms with van der Waals surface area (Å²) in [4.78, 5) is 4.28. The Morgan fingerprint density at radius 2 is 2.50 bits per heavy atom. The van der Waals surface area contributed by atoms with E-state index >= 15 is 0 Å². The van der Waals surface area contributed by atoms with Crippen LogP contribution in [0.3, 0.4) is 0 Å². The molecule has 0 aromatic rings. The van der Waals surface area contributed by atoms with Gasteiger partial charge in [0.2, 0.25) is 0 Å². The first kappa shape index (κ1) is 7.54. The van der Waals surface area contributed by atoms with E-state index in [4.69, 9.17) is 9.47 Å². The monoisotopic (exact) mass is 143 g/mol. The van der Waals surface area contributed by atoms with E-state index in [1.807, 2.05) is 13.8 Å². The molecule has 0 fully saturated rings. The molecule has 1 aliphatic heterocycles. The molecule has 1 atom stereocenters. The van der Waals surface area contributed by atoms with Crippen molar-refractivity contribution in [1.29, 1.82) is 0 Å². The maximum Gasteiger partial charge on any atom is 0.180 e. The van der Waals surface area contributed by atoms with Crippen molar-refractivity contribution in [3.8, 4) is 0 Å². The SMILES string of the molecule is COCC1(C)COC(C)=N1. The predicted octanol–water partition coefficient (Wildman–Crippen LogP) is 0.840. The standard InChI is InChI=1S/C7H13NO2/c1-6-8-7(2,4-9-3)5-10-6/h4-5H2,1-3H3. The molecule has 0 N–H and O–H groups in total. The minimum atomic E-state index is -0.140. The first-order valence-corrected chi connectivity index (χ1v) is 3.34. The summed E-state index contributed by atoms with van der Waals surface area (Å²) in [6, 6.07) is 0. The van der Waals surface area contributed by atoms with Crippen molar-refractivity contribution in [2.24, 2.45) is 4.99 Å². The molecule has 0 saturated heterocycles. The van der Waals surface area contributed by atoms with Crippen molar-refractivity contribution in [2.75, 3.05) is 20.3 Å². The summed E-state index contributed by atoms with van der Waals surface area (Å²) in [6.45, 7) is 5.16. The molecule has 3 heteroatoms. The van der Waals surface area contributed by atoms with Gasteiger partial charge in [-0.2, -0.15) is 0 Å². The summed E-state index contributed by atoms with van der Waals surface area (Å²) >= 11 is 0. The first-order chi connectivity index (χ1) is 4.66. The molecular formula is C7H13NO2. The van der Waals surface area contributed by atoms with Crippen LogP contribution < -0.4 is 0 Å². The molecule has 0 bridgehead atoms. The van der Waals surface area contributed by atoms with E-state index < -0.39 is 0 Å². The maximum atomic E-state index is 5.19. The van der Waals surface area contributed by atoms with Crippen molar-refractivity contribution in [1.82, 2.24) is 0 Å². The van der Waals surface area contributed by atoms with Crippen molar-refractivity contribution in [3.05, 3.63) is 0 Å². The molecule has 0 radical (unpaired) electrons. The molecule has 0 aromatic carbocycles. The Labute approximate surface area is 61.0 Å². The van der Waals surface area contributed by atoms with Gasteiger partial charge in [-0.1, -0.05) is 0 Å². The molecule has 1 aliphatic rings.